The summed E-state index contributed by atoms with van der Waals surface area (Å²) in [5.41, 5.74) is 1.76. The molecule has 0 radical (unpaired) electrons. The Morgan fingerprint density at radius 3 is 2.63 bits per heavy atom. The van der Waals surface area contributed by atoms with E-state index in [1.165, 1.54) is 4.88 Å². The minimum atomic E-state index is 0.173. The van der Waals surface area contributed by atoms with Crippen molar-refractivity contribution in [2.75, 3.05) is 11.9 Å². The van der Waals surface area contributed by atoms with Gasteiger partial charge in [0.2, 0.25) is 0 Å². The summed E-state index contributed by atoms with van der Waals surface area (Å²) in [6.07, 6.45) is 0.523. The van der Waals surface area contributed by atoms with Gasteiger partial charge in [-0.1, -0.05) is 30.7 Å². The highest BCUT2D eigenvalue weighted by atomic mass is 35.5. The number of thiophene rings is 1. The summed E-state index contributed by atoms with van der Waals surface area (Å²) in [6.45, 7) is 2.64. The van der Waals surface area contributed by atoms with Crippen molar-refractivity contribution in [3.05, 3.63) is 51.2 Å². The molecule has 0 N–H and O–H groups in total. The van der Waals surface area contributed by atoms with E-state index in [9.17, 15) is 4.79 Å². The summed E-state index contributed by atoms with van der Waals surface area (Å²) in [6, 6.07) is 11.7. The normalized spacial score (nSPS) is 10.5. The van der Waals surface area contributed by atoms with Crippen molar-refractivity contribution in [1.29, 1.82) is 0 Å². The first-order valence-corrected chi connectivity index (χ1v) is 7.39. The molecule has 100 valence electrons. The van der Waals surface area contributed by atoms with Crippen molar-refractivity contribution in [3.8, 4) is 0 Å². The van der Waals surface area contributed by atoms with Crippen LogP contribution in [-0.4, -0.2) is 12.8 Å². The summed E-state index contributed by atoms with van der Waals surface area (Å²) < 4.78 is 0.793. The van der Waals surface area contributed by atoms with E-state index in [1.807, 2.05) is 50.4 Å². The Bertz CT molecular complexity index is 579. The van der Waals surface area contributed by atoms with Crippen molar-refractivity contribution in [3.63, 3.8) is 0 Å². The fourth-order valence-corrected chi connectivity index (χ4v) is 3.13. The van der Waals surface area contributed by atoms with E-state index in [1.54, 1.807) is 11.3 Å². The first-order chi connectivity index (χ1) is 9.11. The van der Waals surface area contributed by atoms with Gasteiger partial charge in [-0.3, -0.25) is 4.79 Å². The fourth-order valence-electron chi connectivity index (χ4n) is 1.99. The molecule has 0 atom stereocenters. The predicted molar refractivity (Wildman–Crippen MR) is 82.5 cm³/mol. The summed E-state index contributed by atoms with van der Waals surface area (Å²) >= 11 is 7.51. The third-order valence-electron chi connectivity index (χ3n) is 2.96. The van der Waals surface area contributed by atoms with Gasteiger partial charge < -0.3 is 4.90 Å². The molecular weight excluding hydrogens is 278 g/mol. The van der Waals surface area contributed by atoms with Gasteiger partial charge in [0, 0.05) is 29.6 Å². The largest absolute Gasteiger partial charge is 0.369 e. The molecule has 4 heteroatoms. The topological polar surface area (TPSA) is 20.3 Å². The van der Waals surface area contributed by atoms with Crippen LogP contribution in [0.25, 0.3) is 0 Å². The molecule has 1 aromatic carbocycles. The lowest BCUT2D eigenvalue weighted by Crippen LogP contribution is -2.18. The maximum absolute atomic E-state index is 12.0. The molecule has 0 amide bonds. The summed E-state index contributed by atoms with van der Waals surface area (Å²) in [5.74, 6) is 0.173. The molecule has 1 heterocycles. The summed E-state index contributed by atoms with van der Waals surface area (Å²) in [7, 11) is 2.00. The van der Waals surface area contributed by atoms with Gasteiger partial charge in [-0.25, -0.2) is 0 Å². The number of Topliss-reactive ketones (excluding diaryl/α,β-unsaturated/α-hetero) is 1. The average molecular weight is 294 g/mol. The molecule has 0 aliphatic heterocycles. The zero-order valence-corrected chi connectivity index (χ0v) is 12.6. The van der Waals surface area contributed by atoms with Crippen molar-refractivity contribution >= 4 is 34.4 Å². The number of ketones is 1. The molecular formula is C15H16ClNOS. The van der Waals surface area contributed by atoms with Crippen LogP contribution in [-0.2, 0) is 6.54 Å². The number of hydrogen-bond donors (Lipinski definition) is 0. The summed E-state index contributed by atoms with van der Waals surface area (Å²) in [5, 5.41) is 0. The van der Waals surface area contributed by atoms with Crippen LogP contribution in [0.2, 0.25) is 4.34 Å². The van der Waals surface area contributed by atoms with Crippen LogP contribution in [0.1, 0.15) is 28.6 Å². The highest BCUT2D eigenvalue weighted by Crippen LogP contribution is 2.26. The van der Waals surface area contributed by atoms with Gasteiger partial charge in [-0.15, -0.1) is 11.3 Å². The number of halogens is 1. The second kappa shape index (κ2) is 6.22. The number of para-hydroxylation sites is 1. The molecule has 2 aromatic rings. The standard InChI is InChI=1S/C15H16ClNOS/c1-3-14(18)12-6-4-5-7-13(12)17(2)10-11-8-9-15(16)19-11/h4-9H,3,10H2,1-2H3. The molecule has 2 nitrogen and oxygen atoms in total. The van der Waals surface area contributed by atoms with Crippen LogP contribution in [0.15, 0.2) is 36.4 Å². The minimum Gasteiger partial charge on any atom is -0.369 e. The van der Waals surface area contributed by atoms with Crippen molar-refractivity contribution in [2.45, 2.75) is 19.9 Å². The molecule has 0 aliphatic rings. The number of benzene rings is 1. The lowest BCUT2D eigenvalue weighted by atomic mass is 10.1. The number of hydrogen-bond acceptors (Lipinski definition) is 3. The molecule has 0 aliphatic carbocycles. The highest BCUT2D eigenvalue weighted by molar-refractivity contribution is 7.16. The number of rotatable bonds is 5. The first kappa shape index (κ1) is 14.1. The van der Waals surface area contributed by atoms with E-state index in [0.29, 0.717) is 6.42 Å². The number of nitrogens with zero attached hydrogens (tertiary/aromatic N) is 1. The Morgan fingerprint density at radius 1 is 1.26 bits per heavy atom. The molecule has 2 rings (SSSR count). The Balaban J connectivity index is 2.23. The molecule has 1 aromatic heterocycles. The smallest absolute Gasteiger partial charge is 0.164 e. The first-order valence-electron chi connectivity index (χ1n) is 6.19. The maximum Gasteiger partial charge on any atom is 0.164 e. The highest BCUT2D eigenvalue weighted by Gasteiger charge is 2.13. The van der Waals surface area contributed by atoms with E-state index in [0.717, 1.165) is 22.1 Å². The quantitative estimate of drug-likeness (QED) is 0.749. The van der Waals surface area contributed by atoms with Crippen LogP contribution < -0.4 is 4.90 Å². The Morgan fingerprint density at radius 2 is 2.00 bits per heavy atom. The fraction of sp³-hybridized carbons (Fsp3) is 0.267. The van der Waals surface area contributed by atoms with E-state index in [4.69, 9.17) is 11.6 Å². The molecule has 0 saturated heterocycles. The van der Waals surface area contributed by atoms with Gasteiger partial charge >= 0.3 is 0 Å². The van der Waals surface area contributed by atoms with Crippen LogP contribution in [0, 0.1) is 0 Å². The monoisotopic (exact) mass is 293 g/mol. The lowest BCUT2D eigenvalue weighted by molar-refractivity contribution is 0.0988. The lowest BCUT2D eigenvalue weighted by Gasteiger charge is -2.21. The molecule has 0 bridgehead atoms. The average Bonchev–Trinajstić information content (AvgIpc) is 2.83. The number of carbonyl (C=O) groups is 1. The number of anilines is 1. The van der Waals surface area contributed by atoms with Crippen LogP contribution in [0.5, 0.6) is 0 Å². The van der Waals surface area contributed by atoms with E-state index in [2.05, 4.69) is 4.90 Å². The molecule has 0 spiro atoms. The second-order valence-electron chi connectivity index (χ2n) is 4.36. The van der Waals surface area contributed by atoms with Crippen molar-refractivity contribution in [2.24, 2.45) is 0 Å². The van der Waals surface area contributed by atoms with Crippen LogP contribution in [0.3, 0.4) is 0 Å². The Hall–Kier alpha value is -1.32. The maximum atomic E-state index is 12.0. The SMILES string of the molecule is CCC(=O)c1ccccc1N(C)Cc1ccc(Cl)s1. The van der Waals surface area contributed by atoms with Crippen molar-refractivity contribution in [1.82, 2.24) is 0 Å². The molecule has 19 heavy (non-hydrogen) atoms. The van der Waals surface area contributed by atoms with Crippen molar-refractivity contribution < 1.29 is 4.79 Å². The Labute approximate surface area is 122 Å². The van der Waals surface area contributed by atoms with Gasteiger partial charge in [0.05, 0.1) is 10.9 Å². The summed E-state index contributed by atoms with van der Waals surface area (Å²) in [4.78, 5) is 15.2. The molecule has 0 unspecified atom stereocenters. The van der Waals surface area contributed by atoms with Crippen LogP contribution >= 0.6 is 22.9 Å². The third kappa shape index (κ3) is 3.37. The van der Waals surface area contributed by atoms with Gasteiger partial charge in [0.15, 0.2) is 5.78 Å². The zero-order chi connectivity index (χ0) is 13.8. The predicted octanol–water partition coefficient (Wildman–Crippen LogP) is 4.63. The van der Waals surface area contributed by atoms with Gasteiger partial charge in [0.1, 0.15) is 0 Å². The van der Waals surface area contributed by atoms with E-state index >= 15 is 0 Å². The minimum absolute atomic E-state index is 0.173. The molecule has 0 fully saturated rings. The van der Waals surface area contributed by atoms with E-state index < -0.39 is 0 Å². The Kier molecular flexibility index (Phi) is 4.61. The van der Waals surface area contributed by atoms with Crippen LogP contribution in [0.4, 0.5) is 5.69 Å². The number of carbonyl (C=O) groups excluding carboxylic acids is 1. The zero-order valence-electron chi connectivity index (χ0n) is 11.0. The molecule has 0 saturated carbocycles. The van der Waals surface area contributed by atoms with Gasteiger partial charge in [-0.2, -0.15) is 0 Å². The third-order valence-corrected chi connectivity index (χ3v) is 4.17. The van der Waals surface area contributed by atoms with Gasteiger partial charge in [-0.05, 0) is 24.3 Å². The second-order valence-corrected chi connectivity index (χ2v) is 6.16. The van der Waals surface area contributed by atoms with E-state index in [-0.39, 0.29) is 5.78 Å². The van der Waals surface area contributed by atoms with Gasteiger partial charge in [0.25, 0.3) is 0 Å².